The van der Waals surface area contributed by atoms with Crippen LogP contribution in [0.1, 0.15) is 66.7 Å². The molecule has 4 aliphatic rings. The zero-order valence-corrected chi connectivity index (χ0v) is 33.1. The van der Waals surface area contributed by atoms with Gasteiger partial charge in [-0.25, -0.2) is 14.6 Å². The number of nitrogens with one attached hydrogen (secondary N) is 3. The van der Waals surface area contributed by atoms with Crippen molar-refractivity contribution in [2.45, 2.75) is 103 Å². The number of alkyl carbamates (subject to hydrolysis) is 1. The van der Waals surface area contributed by atoms with Crippen molar-refractivity contribution in [3.63, 3.8) is 0 Å². The number of carbonyl (C=O) groups is 4. The van der Waals surface area contributed by atoms with E-state index in [0.29, 0.717) is 51.5 Å². The van der Waals surface area contributed by atoms with Gasteiger partial charge in [0.05, 0.1) is 24.9 Å². The van der Waals surface area contributed by atoms with E-state index in [0.717, 1.165) is 19.3 Å². The Hall–Kier alpha value is -5.05. The molecule has 7 rings (SSSR count). The second kappa shape index (κ2) is 14.8. The first-order valence-electron chi connectivity index (χ1n) is 19.0. The topological polar surface area (TPSA) is 194 Å². The second-order valence-corrected chi connectivity index (χ2v) is 17.2. The number of methoxy groups -OCH3 is 1. The number of likely N-dealkylation sites (tertiary alicyclic amines) is 1. The maximum absolute atomic E-state index is 14.6. The number of aromatic nitrogens is 2. The molecule has 0 radical (unpaired) electrons. The lowest BCUT2D eigenvalue weighted by atomic mass is 9.85. The lowest BCUT2D eigenvalue weighted by molar-refractivity contribution is -0.146. The molecular formula is C40H49ClN6O9. The minimum atomic E-state index is -1.53. The molecule has 2 unspecified atom stereocenters. The van der Waals surface area contributed by atoms with Crippen molar-refractivity contribution in [1.29, 1.82) is 0 Å². The van der Waals surface area contributed by atoms with Crippen LogP contribution in [0.2, 0.25) is 5.02 Å². The fraction of sp³-hybridized carbons (Fsp3) is 0.550. The number of amides is 3. The highest BCUT2D eigenvalue weighted by Crippen LogP contribution is 2.52. The van der Waals surface area contributed by atoms with Gasteiger partial charge in [-0.1, -0.05) is 43.6 Å². The van der Waals surface area contributed by atoms with Crippen molar-refractivity contribution in [2.24, 2.45) is 23.2 Å². The number of carboxylic acid groups (broad SMARTS) is 1. The van der Waals surface area contributed by atoms with E-state index in [-0.39, 0.29) is 36.6 Å². The van der Waals surface area contributed by atoms with Gasteiger partial charge in [0.15, 0.2) is 0 Å². The number of hydrogen-bond acceptors (Lipinski definition) is 11. The van der Waals surface area contributed by atoms with Gasteiger partial charge in [-0.15, -0.1) is 6.58 Å². The Morgan fingerprint density at radius 1 is 1.07 bits per heavy atom. The molecule has 3 aliphatic carbocycles. The number of rotatable bonds is 13. The molecule has 4 fully saturated rings. The Bertz CT molecular complexity index is 2050. The zero-order valence-electron chi connectivity index (χ0n) is 32.4. The number of fused-ring (bicyclic) bond motifs is 2. The molecule has 3 saturated carbocycles. The quantitative estimate of drug-likeness (QED) is 0.152. The van der Waals surface area contributed by atoms with E-state index in [1.165, 1.54) is 18.1 Å². The first-order valence-corrected chi connectivity index (χ1v) is 19.4. The summed E-state index contributed by atoms with van der Waals surface area (Å²) in [5, 5.41) is 23.8. The Morgan fingerprint density at radius 2 is 1.80 bits per heavy atom. The van der Waals surface area contributed by atoms with E-state index in [1.54, 1.807) is 24.3 Å². The molecular weight excluding hydrogens is 744 g/mol. The van der Waals surface area contributed by atoms with Crippen molar-refractivity contribution < 1.29 is 43.0 Å². The predicted octanol–water partition coefficient (Wildman–Crippen LogP) is 5.81. The molecule has 3 heterocycles. The molecule has 0 bridgehead atoms. The predicted molar refractivity (Wildman–Crippen MR) is 206 cm³/mol. The normalized spacial score (nSPS) is 27.0. The van der Waals surface area contributed by atoms with Crippen molar-refractivity contribution in [3.8, 4) is 22.9 Å². The molecule has 16 heteroatoms. The standard InChI is InChI=1S/C40H49ClN6O9/c1-8-22-17-40(22,37(50)51)45-35(48)28-14-24(18-47(28)36(49)34(39(4,5)6)44-38(52)55-23-12-20-11-21(20)13-23)54-30-15-26(27-16-31(56-46-27)42-19(2)3)43-33-25(30)9-10-29(53-7)32(33)41/h8-10,15-16,19-24,28,34,42H,1,11-14,17-18H2,2-7H3,(H,44,52)(H,45,48)(H,50,51)/t20-,21+,22-,23?,24-,28?,34-,40-/m1/s1. The summed E-state index contributed by atoms with van der Waals surface area (Å²) in [7, 11) is 1.49. The van der Waals surface area contributed by atoms with Crippen LogP contribution in [0.25, 0.3) is 22.3 Å². The van der Waals surface area contributed by atoms with Gasteiger partial charge in [-0.2, -0.15) is 0 Å². The highest BCUT2D eigenvalue weighted by molar-refractivity contribution is 6.36. The second-order valence-electron chi connectivity index (χ2n) is 16.9. The largest absolute Gasteiger partial charge is 0.495 e. The van der Waals surface area contributed by atoms with E-state index >= 15 is 0 Å². The number of carbonyl (C=O) groups excluding carboxylic acids is 3. The van der Waals surface area contributed by atoms with Crippen LogP contribution in [0.15, 0.2) is 41.4 Å². The summed E-state index contributed by atoms with van der Waals surface area (Å²) in [4.78, 5) is 60.5. The molecule has 4 N–H and O–H groups in total. The van der Waals surface area contributed by atoms with E-state index < -0.39 is 58.9 Å². The average molecular weight is 793 g/mol. The Kier molecular flexibility index (Phi) is 10.4. The SMILES string of the molecule is C=C[C@@H]1C[C@]1(NC(=O)C1C[C@@H](Oc2cc(-c3cc(NC(C)C)on3)nc3c(Cl)c(OC)ccc23)CN1C(=O)[C@@H](NC(=O)OC1C[C@@H]2C[C@@H]2C1)C(C)(C)C)C(=O)O. The van der Waals surface area contributed by atoms with Gasteiger partial charge >= 0.3 is 12.1 Å². The summed E-state index contributed by atoms with van der Waals surface area (Å²) in [6.45, 7) is 13.0. The molecule has 300 valence electrons. The number of benzene rings is 1. The fourth-order valence-electron chi connectivity index (χ4n) is 8.09. The molecule has 1 aromatic carbocycles. The lowest BCUT2D eigenvalue weighted by Crippen LogP contribution is -2.59. The van der Waals surface area contributed by atoms with Gasteiger partial charge in [-0.05, 0) is 68.9 Å². The molecule has 3 aromatic rings. The number of hydrogen-bond donors (Lipinski definition) is 4. The number of anilines is 1. The van der Waals surface area contributed by atoms with Gasteiger partial charge in [-0.3, -0.25) is 9.59 Å². The fourth-order valence-corrected chi connectivity index (χ4v) is 8.37. The molecule has 15 nitrogen and oxygen atoms in total. The summed E-state index contributed by atoms with van der Waals surface area (Å²) < 4.78 is 23.4. The molecule has 1 aliphatic heterocycles. The number of carboxylic acids is 1. The Labute approximate surface area is 329 Å². The van der Waals surface area contributed by atoms with Crippen molar-refractivity contribution in [2.75, 3.05) is 19.0 Å². The van der Waals surface area contributed by atoms with Crippen LogP contribution < -0.4 is 25.4 Å². The summed E-state index contributed by atoms with van der Waals surface area (Å²) in [5.41, 5.74) is -1.19. The Morgan fingerprint density at radius 3 is 2.43 bits per heavy atom. The van der Waals surface area contributed by atoms with Crippen LogP contribution in [-0.4, -0.2) is 93.6 Å². The average Bonchev–Trinajstić information content (AvgIpc) is 3.80. The molecule has 0 spiro atoms. The van der Waals surface area contributed by atoms with Gasteiger partial charge in [0.2, 0.25) is 17.7 Å². The van der Waals surface area contributed by atoms with E-state index in [9.17, 15) is 24.3 Å². The molecule has 1 saturated heterocycles. The van der Waals surface area contributed by atoms with Crippen molar-refractivity contribution >= 4 is 52.3 Å². The molecule has 3 amide bonds. The third-order valence-electron chi connectivity index (χ3n) is 11.3. The number of ether oxygens (including phenoxy) is 3. The zero-order chi connectivity index (χ0) is 40.3. The molecule has 56 heavy (non-hydrogen) atoms. The van der Waals surface area contributed by atoms with Crippen LogP contribution in [-0.2, 0) is 19.1 Å². The maximum Gasteiger partial charge on any atom is 0.408 e. The molecule has 2 aromatic heterocycles. The first-order chi connectivity index (χ1) is 26.5. The smallest absolute Gasteiger partial charge is 0.408 e. The van der Waals surface area contributed by atoms with Gasteiger partial charge in [0, 0.05) is 35.9 Å². The number of aliphatic carboxylic acids is 1. The number of halogens is 1. The lowest BCUT2D eigenvalue weighted by Gasteiger charge is -2.35. The van der Waals surface area contributed by atoms with Crippen LogP contribution in [0.4, 0.5) is 10.7 Å². The maximum atomic E-state index is 14.6. The van der Waals surface area contributed by atoms with E-state index in [2.05, 4.69) is 27.7 Å². The van der Waals surface area contributed by atoms with Crippen LogP contribution in [0, 0.1) is 23.2 Å². The first kappa shape index (κ1) is 39.2. The molecule has 8 atom stereocenters. The number of nitrogens with zero attached hydrogens (tertiary/aromatic N) is 3. The summed E-state index contributed by atoms with van der Waals surface area (Å²) >= 11 is 6.79. The minimum absolute atomic E-state index is 0.00758. The monoisotopic (exact) mass is 792 g/mol. The van der Waals surface area contributed by atoms with E-state index in [1.807, 2.05) is 34.6 Å². The highest BCUT2D eigenvalue weighted by Gasteiger charge is 2.61. The third-order valence-corrected chi connectivity index (χ3v) is 11.7. The third kappa shape index (κ3) is 7.69. The summed E-state index contributed by atoms with van der Waals surface area (Å²) in [6, 6.07) is 4.68. The number of pyridine rings is 1. The summed E-state index contributed by atoms with van der Waals surface area (Å²) in [6.07, 6.45) is 2.80. The van der Waals surface area contributed by atoms with Gasteiger partial charge in [0.1, 0.15) is 52.0 Å². The summed E-state index contributed by atoms with van der Waals surface area (Å²) in [5.74, 6) is -0.493. The van der Waals surface area contributed by atoms with Crippen molar-refractivity contribution in [3.05, 3.63) is 41.9 Å². The van der Waals surface area contributed by atoms with Gasteiger partial charge < -0.3 is 44.7 Å². The van der Waals surface area contributed by atoms with Crippen LogP contribution in [0.3, 0.4) is 0 Å². The van der Waals surface area contributed by atoms with Crippen LogP contribution >= 0.6 is 11.6 Å². The Balaban J connectivity index is 1.20. The van der Waals surface area contributed by atoms with E-state index in [4.69, 9.17) is 35.3 Å². The minimum Gasteiger partial charge on any atom is -0.495 e. The van der Waals surface area contributed by atoms with Crippen LogP contribution in [0.5, 0.6) is 11.5 Å². The highest BCUT2D eigenvalue weighted by atomic mass is 35.5. The van der Waals surface area contributed by atoms with Crippen molar-refractivity contribution in [1.82, 2.24) is 25.7 Å². The van der Waals surface area contributed by atoms with Gasteiger partial charge in [0.25, 0.3) is 0 Å².